The lowest BCUT2D eigenvalue weighted by molar-refractivity contribution is 0.0954. The minimum Gasteiger partial charge on any atom is -0.493 e. The highest BCUT2D eigenvalue weighted by Crippen LogP contribution is 2.21. The largest absolute Gasteiger partial charge is 0.493 e. The number of benzene rings is 1. The normalized spacial score (nSPS) is 10.6. The third-order valence-corrected chi connectivity index (χ3v) is 2.80. The van der Waals surface area contributed by atoms with Gasteiger partial charge in [-0.25, -0.2) is 5.43 Å². The summed E-state index contributed by atoms with van der Waals surface area (Å²) in [4.78, 5) is 15.7. The average molecular weight is 304 g/mol. The van der Waals surface area contributed by atoms with Gasteiger partial charge in [-0.3, -0.25) is 9.78 Å². The van der Waals surface area contributed by atoms with E-state index in [0.717, 1.165) is 0 Å². The van der Waals surface area contributed by atoms with Gasteiger partial charge in [-0.1, -0.05) is 11.6 Å². The van der Waals surface area contributed by atoms with E-state index in [4.69, 9.17) is 16.3 Å². The maximum atomic E-state index is 11.8. The first-order valence-electron chi connectivity index (χ1n) is 6.36. The summed E-state index contributed by atoms with van der Waals surface area (Å²) in [5.74, 6) is 0.320. The van der Waals surface area contributed by atoms with Gasteiger partial charge in [-0.05, 0) is 37.3 Å². The molecule has 0 aliphatic carbocycles. The van der Waals surface area contributed by atoms with E-state index in [1.165, 1.54) is 12.4 Å². The van der Waals surface area contributed by atoms with Gasteiger partial charge < -0.3 is 4.74 Å². The van der Waals surface area contributed by atoms with Crippen LogP contribution in [0.2, 0.25) is 5.02 Å². The molecule has 0 unspecified atom stereocenters. The topological polar surface area (TPSA) is 63.6 Å². The second-order valence-corrected chi connectivity index (χ2v) is 4.49. The molecule has 1 aromatic heterocycles. The van der Waals surface area contributed by atoms with Crippen LogP contribution in [0.3, 0.4) is 0 Å². The Hall–Kier alpha value is -2.40. The Morgan fingerprint density at radius 3 is 3.05 bits per heavy atom. The average Bonchev–Trinajstić information content (AvgIpc) is 2.51. The Kier molecular flexibility index (Phi) is 5.29. The highest BCUT2D eigenvalue weighted by Gasteiger charge is 2.04. The van der Waals surface area contributed by atoms with Crippen LogP contribution in [0.5, 0.6) is 5.75 Å². The number of pyridine rings is 1. The molecule has 0 radical (unpaired) electrons. The number of hydrogen-bond acceptors (Lipinski definition) is 4. The molecule has 0 bridgehead atoms. The lowest BCUT2D eigenvalue weighted by Crippen LogP contribution is -2.17. The number of nitrogens with one attached hydrogen (secondary N) is 1. The van der Waals surface area contributed by atoms with Crippen molar-refractivity contribution in [2.45, 2.75) is 6.92 Å². The van der Waals surface area contributed by atoms with Gasteiger partial charge in [-0.2, -0.15) is 5.10 Å². The summed E-state index contributed by atoms with van der Waals surface area (Å²) in [6, 6.07) is 8.55. The number of carbonyl (C=O) groups excluding carboxylic acids is 1. The number of hydrazone groups is 1. The maximum Gasteiger partial charge on any atom is 0.272 e. The van der Waals surface area contributed by atoms with Crippen LogP contribution in [0.1, 0.15) is 22.8 Å². The van der Waals surface area contributed by atoms with Gasteiger partial charge in [0.1, 0.15) is 5.75 Å². The fourth-order valence-electron chi connectivity index (χ4n) is 1.63. The third kappa shape index (κ3) is 4.29. The summed E-state index contributed by atoms with van der Waals surface area (Å²) in [5, 5.41) is 4.48. The van der Waals surface area contributed by atoms with Crippen molar-refractivity contribution in [2.24, 2.45) is 5.10 Å². The Labute approximate surface area is 127 Å². The van der Waals surface area contributed by atoms with Crippen LogP contribution >= 0.6 is 11.6 Å². The summed E-state index contributed by atoms with van der Waals surface area (Å²) in [5.41, 5.74) is 3.55. The molecule has 0 aliphatic heterocycles. The van der Waals surface area contributed by atoms with Crippen molar-refractivity contribution in [3.63, 3.8) is 0 Å². The molecule has 0 spiro atoms. The van der Waals surface area contributed by atoms with Crippen molar-refractivity contribution in [1.82, 2.24) is 10.4 Å². The van der Waals surface area contributed by atoms with Crippen molar-refractivity contribution in [2.75, 3.05) is 6.61 Å². The molecule has 1 N–H and O–H groups in total. The van der Waals surface area contributed by atoms with Crippen molar-refractivity contribution in [3.05, 3.63) is 58.9 Å². The SMILES string of the molecule is CCOc1ccc(Cl)cc1/C=N\NC(=O)c1cccnc1. The number of rotatable bonds is 5. The summed E-state index contributed by atoms with van der Waals surface area (Å²) in [6.07, 6.45) is 4.56. The predicted octanol–water partition coefficient (Wildman–Crippen LogP) is 2.90. The van der Waals surface area contributed by atoms with Gasteiger partial charge in [0.25, 0.3) is 5.91 Å². The van der Waals surface area contributed by atoms with Gasteiger partial charge in [0.15, 0.2) is 0 Å². The van der Waals surface area contributed by atoms with Crippen LogP contribution < -0.4 is 10.2 Å². The van der Waals surface area contributed by atoms with E-state index in [9.17, 15) is 4.79 Å². The van der Waals surface area contributed by atoms with Crippen molar-refractivity contribution >= 4 is 23.7 Å². The van der Waals surface area contributed by atoms with Gasteiger partial charge in [0.2, 0.25) is 0 Å². The van der Waals surface area contributed by atoms with E-state index in [0.29, 0.717) is 28.5 Å². The predicted molar refractivity (Wildman–Crippen MR) is 81.9 cm³/mol. The number of hydrogen-bond donors (Lipinski definition) is 1. The molecule has 6 heteroatoms. The summed E-state index contributed by atoms with van der Waals surface area (Å²) in [6.45, 7) is 2.42. The number of aromatic nitrogens is 1. The van der Waals surface area contributed by atoms with Gasteiger partial charge in [0.05, 0.1) is 18.4 Å². The fraction of sp³-hybridized carbons (Fsp3) is 0.133. The monoisotopic (exact) mass is 303 g/mol. The van der Waals surface area contributed by atoms with Crippen LogP contribution in [0.4, 0.5) is 0 Å². The minimum atomic E-state index is -0.334. The number of halogens is 1. The van der Waals surface area contributed by atoms with Gasteiger partial charge in [0, 0.05) is 23.0 Å². The molecule has 0 saturated heterocycles. The lowest BCUT2D eigenvalue weighted by atomic mass is 10.2. The molecule has 0 saturated carbocycles. The molecule has 0 fully saturated rings. The zero-order chi connectivity index (χ0) is 15.1. The van der Waals surface area contributed by atoms with Crippen LogP contribution in [-0.2, 0) is 0 Å². The molecule has 0 aliphatic rings. The molecule has 1 amide bonds. The first kappa shape index (κ1) is 15.0. The van der Waals surface area contributed by atoms with Crippen molar-refractivity contribution in [3.8, 4) is 5.75 Å². The molecule has 21 heavy (non-hydrogen) atoms. The first-order valence-corrected chi connectivity index (χ1v) is 6.74. The van der Waals surface area contributed by atoms with Crippen LogP contribution in [-0.4, -0.2) is 23.7 Å². The summed E-state index contributed by atoms with van der Waals surface area (Å²) in [7, 11) is 0. The molecule has 1 heterocycles. The molecule has 108 valence electrons. The fourth-order valence-corrected chi connectivity index (χ4v) is 1.81. The van der Waals surface area contributed by atoms with E-state index in [-0.39, 0.29) is 5.91 Å². The van der Waals surface area contributed by atoms with E-state index in [1.807, 2.05) is 6.92 Å². The third-order valence-electron chi connectivity index (χ3n) is 2.57. The zero-order valence-corrected chi connectivity index (χ0v) is 12.2. The van der Waals surface area contributed by atoms with E-state index >= 15 is 0 Å². The Morgan fingerprint density at radius 2 is 2.33 bits per heavy atom. The molecule has 1 aromatic carbocycles. The molecule has 5 nitrogen and oxygen atoms in total. The second-order valence-electron chi connectivity index (χ2n) is 4.06. The number of carbonyl (C=O) groups is 1. The van der Waals surface area contributed by atoms with Gasteiger partial charge in [-0.15, -0.1) is 0 Å². The van der Waals surface area contributed by atoms with Gasteiger partial charge >= 0.3 is 0 Å². The summed E-state index contributed by atoms with van der Waals surface area (Å²) >= 11 is 5.94. The minimum absolute atomic E-state index is 0.334. The van der Waals surface area contributed by atoms with Crippen molar-refractivity contribution < 1.29 is 9.53 Å². The molecular weight excluding hydrogens is 290 g/mol. The molecular formula is C15H14ClN3O2. The number of nitrogens with zero attached hydrogens (tertiary/aromatic N) is 2. The lowest BCUT2D eigenvalue weighted by Gasteiger charge is -2.06. The number of ether oxygens (including phenoxy) is 1. The molecule has 0 atom stereocenters. The first-order chi connectivity index (χ1) is 10.2. The van der Waals surface area contributed by atoms with Crippen LogP contribution in [0, 0.1) is 0 Å². The highest BCUT2D eigenvalue weighted by molar-refractivity contribution is 6.30. The van der Waals surface area contributed by atoms with Crippen LogP contribution in [0.25, 0.3) is 0 Å². The van der Waals surface area contributed by atoms with E-state index in [1.54, 1.807) is 36.5 Å². The molecule has 2 rings (SSSR count). The zero-order valence-electron chi connectivity index (χ0n) is 11.4. The van der Waals surface area contributed by atoms with Crippen LogP contribution in [0.15, 0.2) is 47.8 Å². The number of amides is 1. The smallest absolute Gasteiger partial charge is 0.272 e. The second kappa shape index (κ2) is 7.40. The molecule has 2 aromatic rings. The Balaban J connectivity index is 2.07. The van der Waals surface area contributed by atoms with Crippen molar-refractivity contribution in [1.29, 1.82) is 0 Å². The quantitative estimate of drug-likeness (QED) is 0.682. The van der Waals surface area contributed by atoms with E-state index in [2.05, 4.69) is 15.5 Å². The Morgan fingerprint density at radius 1 is 1.48 bits per heavy atom. The Bertz CT molecular complexity index is 645. The van der Waals surface area contributed by atoms with E-state index < -0.39 is 0 Å². The summed E-state index contributed by atoms with van der Waals surface area (Å²) < 4.78 is 5.46. The highest BCUT2D eigenvalue weighted by atomic mass is 35.5. The standard InChI is InChI=1S/C15H14ClN3O2/c1-2-21-14-6-5-13(16)8-12(14)10-18-19-15(20)11-4-3-7-17-9-11/h3-10H,2H2,1H3,(H,19,20)/b18-10-. The maximum absolute atomic E-state index is 11.8.